The van der Waals surface area contributed by atoms with Gasteiger partial charge in [0.05, 0.1) is 17.1 Å². The molecule has 1 heterocycles. The Balaban J connectivity index is 0.00000112. The van der Waals surface area contributed by atoms with E-state index >= 15 is 0 Å². The van der Waals surface area contributed by atoms with Gasteiger partial charge in [-0.15, -0.1) is 12.4 Å². The van der Waals surface area contributed by atoms with E-state index in [0.717, 1.165) is 16.7 Å². The Labute approximate surface area is 97.2 Å². The molecule has 0 spiro atoms. The Kier molecular flexibility index (Phi) is 3.60. The Bertz CT molecular complexity index is 395. The second kappa shape index (κ2) is 4.55. The number of rotatable bonds is 1. The Hall–Kier alpha value is -1.20. The maximum Gasteiger partial charge on any atom is 0.293 e. The van der Waals surface area contributed by atoms with Gasteiger partial charge in [0.1, 0.15) is 0 Å². The monoisotopic (exact) mass is 244 g/mol. The first-order valence-electron chi connectivity index (χ1n) is 4.04. The lowest BCUT2D eigenvalue weighted by molar-refractivity contribution is -0.115. The van der Waals surface area contributed by atoms with Gasteiger partial charge < -0.3 is 5.73 Å². The standard InChI is InChI=1S/C9H8N2O2S.ClH/c10-6-3-1-2-4-7(6)11-8(12)5-14-9(11)13;/h1-4H,5,10H2;1H. The molecule has 2 amide bonds. The molecule has 0 bridgehead atoms. The van der Waals surface area contributed by atoms with E-state index in [1.807, 2.05) is 0 Å². The van der Waals surface area contributed by atoms with Gasteiger partial charge in [-0.25, -0.2) is 4.90 Å². The van der Waals surface area contributed by atoms with Gasteiger partial charge in [-0.05, 0) is 12.1 Å². The molecule has 15 heavy (non-hydrogen) atoms. The van der Waals surface area contributed by atoms with E-state index in [1.165, 1.54) is 0 Å². The SMILES string of the molecule is Cl.Nc1ccccc1N1C(=O)CSC1=O. The maximum absolute atomic E-state index is 11.4. The van der Waals surface area contributed by atoms with Crippen LogP contribution in [0.4, 0.5) is 16.2 Å². The van der Waals surface area contributed by atoms with Gasteiger partial charge in [-0.1, -0.05) is 23.9 Å². The zero-order valence-corrected chi connectivity index (χ0v) is 9.31. The number of nitrogen functional groups attached to an aromatic ring is 1. The van der Waals surface area contributed by atoms with Crippen molar-refractivity contribution >= 4 is 46.7 Å². The van der Waals surface area contributed by atoms with E-state index in [9.17, 15) is 9.59 Å². The number of hydrogen-bond donors (Lipinski definition) is 1. The first-order valence-corrected chi connectivity index (χ1v) is 5.03. The molecular weight excluding hydrogens is 236 g/mol. The highest BCUT2D eigenvalue weighted by Crippen LogP contribution is 2.30. The molecule has 1 aliphatic rings. The molecule has 1 aromatic carbocycles. The third kappa shape index (κ3) is 2.08. The van der Waals surface area contributed by atoms with Gasteiger partial charge in [0.2, 0.25) is 5.91 Å². The Morgan fingerprint density at radius 2 is 1.93 bits per heavy atom. The van der Waals surface area contributed by atoms with Crippen LogP contribution in [0.5, 0.6) is 0 Å². The number of imide groups is 1. The van der Waals surface area contributed by atoms with Gasteiger partial charge in [0.25, 0.3) is 5.24 Å². The van der Waals surface area contributed by atoms with Crippen LogP contribution in [0.2, 0.25) is 0 Å². The van der Waals surface area contributed by atoms with Crippen molar-refractivity contribution < 1.29 is 9.59 Å². The van der Waals surface area contributed by atoms with Crippen LogP contribution >= 0.6 is 24.2 Å². The number of hydrogen-bond acceptors (Lipinski definition) is 4. The van der Waals surface area contributed by atoms with E-state index in [1.54, 1.807) is 24.3 Å². The Morgan fingerprint density at radius 3 is 2.47 bits per heavy atom. The zero-order chi connectivity index (χ0) is 10.1. The highest BCUT2D eigenvalue weighted by Gasteiger charge is 2.32. The summed E-state index contributed by atoms with van der Waals surface area (Å²) in [7, 11) is 0. The summed E-state index contributed by atoms with van der Waals surface area (Å²) in [5.74, 6) is -0.00872. The number of carbonyl (C=O) groups excluding carboxylic acids is 2. The van der Waals surface area contributed by atoms with Gasteiger partial charge in [0.15, 0.2) is 0 Å². The molecule has 0 atom stereocenters. The van der Waals surface area contributed by atoms with Crippen LogP contribution in [-0.4, -0.2) is 16.9 Å². The number of benzene rings is 1. The number of carbonyl (C=O) groups is 2. The summed E-state index contributed by atoms with van der Waals surface area (Å²) >= 11 is 0.999. The highest BCUT2D eigenvalue weighted by molar-refractivity contribution is 8.15. The highest BCUT2D eigenvalue weighted by atomic mass is 35.5. The second-order valence-corrected chi connectivity index (χ2v) is 3.77. The average Bonchev–Trinajstić information content (AvgIpc) is 2.48. The van der Waals surface area contributed by atoms with Gasteiger partial charge in [0, 0.05) is 0 Å². The van der Waals surface area contributed by atoms with E-state index in [4.69, 9.17) is 5.73 Å². The quantitative estimate of drug-likeness (QED) is 0.767. The van der Waals surface area contributed by atoms with Crippen LogP contribution in [-0.2, 0) is 4.79 Å². The molecule has 1 aliphatic heterocycles. The second-order valence-electron chi connectivity index (χ2n) is 2.84. The topological polar surface area (TPSA) is 63.4 Å². The summed E-state index contributed by atoms with van der Waals surface area (Å²) in [6.45, 7) is 0. The molecular formula is C9H9ClN2O2S. The number of halogens is 1. The van der Waals surface area contributed by atoms with Crippen LogP contribution in [0.1, 0.15) is 0 Å². The normalized spacial score (nSPS) is 15.3. The van der Waals surface area contributed by atoms with Gasteiger partial charge in [-0.2, -0.15) is 0 Å². The number of thioether (sulfide) groups is 1. The summed E-state index contributed by atoms with van der Waals surface area (Å²) in [5, 5.41) is -0.257. The molecule has 80 valence electrons. The van der Waals surface area contributed by atoms with Crippen molar-refractivity contribution in [1.82, 2.24) is 0 Å². The van der Waals surface area contributed by atoms with Gasteiger partial charge >= 0.3 is 0 Å². The summed E-state index contributed by atoms with van der Waals surface area (Å²) in [5.41, 5.74) is 6.59. The summed E-state index contributed by atoms with van der Waals surface area (Å²) < 4.78 is 0. The number of para-hydroxylation sites is 2. The summed E-state index contributed by atoms with van der Waals surface area (Å²) in [6.07, 6.45) is 0. The van der Waals surface area contributed by atoms with Crippen LogP contribution in [0.25, 0.3) is 0 Å². The van der Waals surface area contributed by atoms with E-state index in [2.05, 4.69) is 0 Å². The minimum atomic E-state index is -0.257. The molecule has 6 heteroatoms. The molecule has 1 saturated heterocycles. The summed E-state index contributed by atoms with van der Waals surface area (Å²) in [4.78, 5) is 23.8. The van der Waals surface area contributed by atoms with Crippen molar-refractivity contribution in [1.29, 1.82) is 0 Å². The minimum absolute atomic E-state index is 0. The fourth-order valence-electron chi connectivity index (χ4n) is 1.28. The lowest BCUT2D eigenvalue weighted by atomic mass is 10.2. The van der Waals surface area contributed by atoms with E-state index in [-0.39, 0.29) is 29.3 Å². The number of anilines is 2. The molecule has 4 nitrogen and oxygen atoms in total. The molecule has 0 aliphatic carbocycles. The van der Waals surface area contributed by atoms with Crippen LogP contribution in [0.15, 0.2) is 24.3 Å². The van der Waals surface area contributed by atoms with Crippen molar-refractivity contribution in [3.8, 4) is 0 Å². The van der Waals surface area contributed by atoms with Crippen LogP contribution in [0.3, 0.4) is 0 Å². The smallest absolute Gasteiger partial charge is 0.293 e. The van der Waals surface area contributed by atoms with Crippen LogP contribution < -0.4 is 10.6 Å². The fraction of sp³-hybridized carbons (Fsp3) is 0.111. The molecule has 2 N–H and O–H groups in total. The van der Waals surface area contributed by atoms with Crippen molar-refractivity contribution in [2.75, 3.05) is 16.4 Å². The molecule has 0 radical (unpaired) electrons. The van der Waals surface area contributed by atoms with Crippen molar-refractivity contribution in [2.24, 2.45) is 0 Å². The van der Waals surface area contributed by atoms with Crippen molar-refractivity contribution in [3.63, 3.8) is 0 Å². The Morgan fingerprint density at radius 1 is 1.27 bits per heavy atom. The van der Waals surface area contributed by atoms with Crippen molar-refractivity contribution in [2.45, 2.75) is 0 Å². The molecule has 0 aromatic heterocycles. The number of nitrogens with two attached hydrogens (primary N) is 1. The number of nitrogens with zero attached hydrogens (tertiary/aromatic N) is 1. The van der Waals surface area contributed by atoms with E-state index < -0.39 is 0 Å². The first-order chi connectivity index (χ1) is 6.70. The predicted molar refractivity (Wildman–Crippen MR) is 63.4 cm³/mol. The predicted octanol–water partition coefficient (Wildman–Crippen LogP) is 1.89. The average molecular weight is 245 g/mol. The van der Waals surface area contributed by atoms with Crippen LogP contribution in [0, 0.1) is 0 Å². The van der Waals surface area contributed by atoms with Gasteiger partial charge in [-0.3, -0.25) is 9.59 Å². The maximum atomic E-state index is 11.4. The largest absolute Gasteiger partial charge is 0.397 e. The third-order valence-corrected chi connectivity index (χ3v) is 2.75. The third-order valence-electron chi connectivity index (χ3n) is 1.93. The molecule has 2 rings (SSSR count). The minimum Gasteiger partial charge on any atom is -0.397 e. The van der Waals surface area contributed by atoms with E-state index in [0.29, 0.717) is 11.4 Å². The van der Waals surface area contributed by atoms with Crippen molar-refractivity contribution in [3.05, 3.63) is 24.3 Å². The lowest BCUT2D eigenvalue weighted by Gasteiger charge is -2.14. The number of amides is 2. The summed E-state index contributed by atoms with van der Waals surface area (Å²) in [6, 6.07) is 6.84. The fourth-order valence-corrected chi connectivity index (χ4v) is 1.98. The molecule has 0 saturated carbocycles. The molecule has 1 fully saturated rings. The molecule has 0 unspecified atom stereocenters. The molecule has 1 aromatic rings. The lowest BCUT2D eigenvalue weighted by Crippen LogP contribution is -2.28. The first kappa shape index (κ1) is 11.9. The zero-order valence-electron chi connectivity index (χ0n) is 7.67.